The fourth-order valence-electron chi connectivity index (χ4n) is 2.18. The molecule has 1 aliphatic heterocycles. The van der Waals surface area contributed by atoms with Crippen LogP contribution >= 0.6 is 11.8 Å². The van der Waals surface area contributed by atoms with Crippen LogP contribution in [-0.4, -0.2) is 40.3 Å². The Hall–Kier alpha value is -2.81. The number of nitrogens with zero attached hydrogens (tertiary/aromatic N) is 3. The van der Waals surface area contributed by atoms with Crippen molar-refractivity contribution in [2.75, 3.05) is 19.4 Å². The van der Waals surface area contributed by atoms with Crippen molar-refractivity contribution >= 4 is 34.4 Å². The van der Waals surface area contributed by atoms with Crippen molar-refractivity contribution < 1.29 is 18.9 Å². The molecule has 3 rings (SSSR count). The second kappa shape index (κ2) is 6.75. The van der Waals surface area contributed by atoms with Crippen LogP contribution < -0.4 is 4.74 Å². The Morgan fingerprint density at radius 1 is 1.38 bits per heavy atom. The average Bonchev–Trinajstić information content (AvgIpc) is 3.24. The number of ether oxygens (including phenoxy) is 1. The number of carbonyl (C=O) groups excluding carboxylic acids is 1. The van der Waals surface area contributed by atoms with Crippen LogP contribution in [0.3, 0.4) is 0 Å². The van der Waals surface area contributed by atoms with E-state index in [1.807, 2.05) is 12.1 Å². The Morgan fingerprint density at radius 3 is 2.88 bits per heavy atom. The molecule has 1 aromatic carbocycles. The van der Waals surface area contributed by atoms with Gasteiger partial charge in [-0.1, -0.05) is 23.9 Å². The molecular formula is C15H13N3O5S. The first kappa shape index (κ1) is 16.1. The van der Waals surface area contributed by atoms with Crippen LogP contribution in [0.1, 0.15) is 10.6 Å². The van der Waals surface area contributed by atoms with Crippen LogP contribution in [0.15, 0.2) is 45.8 Å². The molecule has 9 heteroatoms. The Morgan fingerprint density at radius 2 is 2.17 bits per heavy atom. The summed E-state index contributed by atoms with van der Waals surface area (Å²) >= 11 is 1.42. The van der Waals surface area contributed by atoms with E-state index in [-0.39, 0.29) is 5.76 Å². The number of amides is 1. The number of amidine groups is 1. The maximum absolute atomic E-state index is 12.5. The van der Waals surface area contributed by atoms with Gasteiger partial charge in [0.05, 0.1) is 13.2 Å². The summed E-state index contributed by atoms with van der Waals surface area (Å²) in [4.78, 5) is 28.4. The van der Waals surface area contributed by atoms with E-state index in [1.165, 1.54) is 22.7 Å². The van der Waals surface area contributed by atoms with E-state index in [0.717, 1.165) is 6.07 Å². The van der Waals surface area contributed by atoms with E-state index in [0.29, 0.717) is 28.9 Å². The van der Waals surface area contributed by atoms with Gasteiger partial charge in [-0.2, -0.15) is 0 Å². The summed E-state index contributed by atoms with van der Waals surface area (Å²) < 4.78 is 10.2. The number of benzene rings is 1. The summed E-state index contributed by atoms with van der Waals surface area (Å²) in [5.41, 5.74) is 0.604. The number of rotatable bonds is 4. The fourth-order valence-corrected chi connectivity index (χ4v) is 3.13. The number of hydrogen-bond acceptors (Lipinski definition) is 7. The van der Waals surface area contributed by atoms with Gasteiger partial charge in [-0.15, -0.1) is 0 Å². The van der Waals surface area contributed by atoms with E-state index < -0.39 is 16.7 Å². The van der Waals surface area contributed by atoms with Gasteiger partial charge in [-0.3, -0.25) is 19.8 Å². The van der Waals surface area contributed by atoms with Crippen LogP contribution in [0.2, 0.25) is 0 Å². The molecule has 0 radical (unpaired) electrons. The van der Waals surface area contributed by atoms with Gasteiger partial charge < -0.3 is 9.15 Å². The highest BCUT2D eigenvalue weighted by Gasteiger charge is 2.30. The minimum absolute atomic E-state index is 0.0862. The van der Waals surface area contributed by atoms with Crippen molar-refractivity contribution in [3.63, 3.8) is 0 Å². The Balaban J connectivity index is 1.88. The van der Waals surface area contributed by atoms with Crippen molar-refractivity contribution in [2.24, 2.45) is 4.99 Å². The largest absolute Gasteiger partial charge is 0.494 e. The summed E-state index contributed by atoms with van der Waals surface area (Å²) in [6, 6.07) is 9.67. The van der Waals surface area contributed by atoms with Crippen LogP contribution in [0.25, 0.3) is 0 Å². The van der Waals surface area contributed by atoms with Gasteiger partial charge in [0.15, 0.2) is 10.9 Å². The Bertz CT molecular complexity index is 817. The summed E-state index contributed by atoms with van der Waals surface area (Å²) in [7, 11) is 1.55. The fraction of sp³-hybridized carbons (Fsp3) is 0.200. The van der Waals surface area contributed by atoms with Crippen LogP contribution in [-0.2, 0) is 0 Å². The van der Waals surface area contributed by atoms with Gasteiger partial charge in [-0.05, 0) is 18.2 Å². The minimum Gasteiger partial charge on any atom is -0.494 e. The molecule has 1 saturated heterocycles. The average molecular weight is 347 g/mol. The second-order valence-corrected chi connectivity index (χ2v) is 5.83. The standard InChI is InChI=1S/C15H13N3O5S/c1-22-11-5-3-2-4-10(11)16-15-17(8-9-24-15)14(19)12-6-7-13(23-12)18(20)21/h2-7H,8-9H2,1H3. The third kappa shape index (κ3) is 3.11. The van der Waals surface area contributed by atoms with Gasteiger partial charge in [0.2, 0.25) is 0 Å². The first-order chi connectivity index (χ1) is 11.6. The summed E-state index contributed by atoms with van der Waals surface area (Å²) in [5, 5.41) is 11.2. The SMILES string of the molecule is COc1ccccc1N=C1SCCN1C(=O)c1ccc([N+](=O)[O-])o1. The first-order valence-electron chi connectivity index (χ1n) is 7.00. The van der Waals surface area contributed by atoms with E-state index in [2.05, 4.69) is 4.99 Å². The molecule has 0 spiro atoms. The molecule has 1 aliphatic rings. The maximum atomic E-state index is 12.5. The molecule has 8 nitrogen and oxygen atoms in total. The zero-order valence-corrected chi connectivity index (χ0v) is 13.5. The molecule has 2 heterocycles. The lowest BCUT2D eigenvalue weighted by atomic mass is 10.3. The summed E-state index contributed by atoms with van der Waals surface area (Å²) in [5.74, 6) is 0.272. The predicted octanol–water partition coefficient (Wildman–Crippen LogP) is 3.07. The zero-order chi connectivity index (χ0) is 17.1. The molecule has 124 valence electrons. The zero-order valence-electron chi connectivity index (χ0n) is 12.7. The lowest BCUT2D eigenvalue weighted by Crippen LogP contribution is -2.31. The van der Waals surface area contributed by atoms with Crippen molar-refractivity contribution in [1.29, 1.82) is 0 Å². The number of carbonyl (C=O) groups is 1. The third-order valence-corrected chi connectivity index (χ3v) is 4.26. The van der Waals surface area contributed by atoms with Crippen molar-refractivity contribution in [2.45, 2.75) is 0 Å². The number of nitro groups is 1. The molecule has 2 aromatic rings. The van der Waals surface area contributed by atoms with Gasteiger partial charge in [-0.25, -0.2) is 4.99 Å². The molecule has 0 atom stereocenters. The second-order valence-electron chi connectivity index (χ2n) is 4.77. The monoisotopic (exact) mass is 347 g/mol. The van der Waals surface area contributed by atoms with Crippen LogP contribution in [0.5, 0.6) is 5.75 Å². The molecule has 0 N–H and O–H groups in total. The number of thioether (sulfide) groups is 1. The molecule has 24 heavy (non-hydrogen) atoms. The van der Waals surface area contributed by atoms with E-state index in [9.17, 15) is 14.9 Å². The molecule has 1 fully saturated rings. The maximum Gasteiger partial charge on any atom is 0.433 e. The highest BCUT2D eigenvalue weighted by atomic mass is 32.2. The van der Waals surface area contributed by atoms with Gasteiger partial charge in [0.1, 0.15) is 16.4 Å². The van der Waals surface area contributed by atoms with Crippen LogP contribution in [0.4, 0.5) is 11.6 Å². The predicted molar refractivity (Wildman–Crippen MR) is 88.9 cm³/mol. The van der Waals surface area contributed by atoms with Gasteiger partial charge >= 0.3 is 5.88 Å². The highest BCUT2D eigenvalue weighted by Crippen LogP contribution is 2.31. The number of hydrogen-bond donors (Lipinski definition) is 0. The Kier molecular flexibility index (Phi) is 4.52. The quantitative estimate of drug-likeness (QED) is 0.623. The number of para-hydroxylation sites is 2. The molecule has 0 unspecified atom stereocenters. The molecular weight excluding hydrogens is 334 g/mol. The van der Waals surface area contributed by atoms with Gasteiger partial charge in [0.25, 0.3) is 5.91 Å². The minimum atomic E-state index is -0.681. The smallest absolute Gasteiger partial charge is 0.433 e. The molecule has 0 aliphatic carbocycles. The van der Waals surface area contributed by atoms with Crippen molar-refractivity contribution in [3.05, 3.63) is 52.3 Å². The normalized spacial score (nSPS) is 15.7. The Labute approximate surface area is 141 Å². The van der Waals surface area contributed by atoms with Crippen LogP contribution in [0, 0.1) is 10.1 Å². The van der Waals surface area contributed by atoms with Crippen molar-refractivity contribution in [1.82, 2.24) is 4.90 Å². The molecule has 0 saturated carbocycles. The van der Waals surface area contributed by atoms with E-state index in [1.54, 1.807) is 19.2 Å². The lowest BCUT2D eigenvalue weighted by Gasteiger charge is -2.14. The van der Waals surface area contributed by atoms with E-state index in [4.69, 9.17) is 9.15 Å². The van der Waals surface area contributed by atoms with Gasteiger partial charge in [0, 0.05) is 12.3 Å². The number of aliphatic imine (C=N–C) groups is 1. The number of methoxy groups -OCH3 is 1. The van der Waals surface area contributed by atoms with E-state index >= 15 is 0 Å². The molecule has 1 aromatic heterocycles. The lowest BCUT2D eigenvalue weighted by molar-refractivity contribution is -0.402. The third-order valence-electron chi connectivity index (χ3n) is 3.31. The van der Waals surface area contributed by atoms with Crippen molar-refractivity contribution in [3.8, 4) is 5.75 Å². The first-order valence-corrected chi connectivity index (χ1v) is 7.99. The molecule has 0 bridgehead atoms. The summed E-state index contributed by atoms with van der Waals surface area (Å²) in [6.45, 7) is 0.450. The number of furan rings is 1. The molecule has 1 amide bonds. The topological polar surface area (TPSA) is 98.2 Å². The highest BCUT2D eigenvalue weighted by molar-refractivity contribution is 8.14. The summed E-state index contributed by atoms with van der Waals surface area (Å²) in [6.07, 6.45) is 0.